The van der Waals surface area contributed by atoms with Crippen molar-refractivity contribution < 1.29 is 5.11 Å². The molecule has 0 radical (unpaired) electrons. The predicted molar refractivity (Wildman–Crippen MR) is 53.2 cm³/mol. The fourth-order valence-corrected chi connectivity index (χ4v) is 1.45. The molecule has 0 bridgehead atoms. The number of hydrogen-bond donors (Lipinski definition) is 1. The maximum atomic E-state index is 11.6. The number of hydrogen-bond acceptors (Lipinski definition) is 3. The normalized spacial score (nSPS) is 13.6. The van der Waals surface area contributed by atoms with Crippen LogP contribution in [0.3, 0.4) is 0 Å². The molecule has 5 nitrogen and oxygen atoms in total. The first kappa shape index (κ1) is 11.0. The van der Waals surface area contributed by atoms with Crippen LogP contribution in [-0.4, -0.2) is 25.6 Å². The zero-order valence-corrected chi connectivity index (χ0v) is 9.06. The second kappa shape index (κ2) is 3.96. The van der Waals surface area contributed by atoms with E-state index in [4.69, 9.17) is 0 Å². The monoisotopic (exact) mass is 199 g/mol. The Morgan fingerprint density at radius 3 is 2.43 bits per heavy atom. The van der Waals surface area contributed by atoms with Crippen LogP contribution in [0.25, 0.3) is 0 Å². The molecule has 1 heterocycles. The standard InChI is InChI=1S/C9H17N3O2/c1-6(2)12-8(5-7(3)13)10-11(4)9(12)14/h6-7,13H,5H2,1-4H3. The van der Waals surface area contributed by atoms with Gasteiger partial charge >= 0.3 is 5.69 Å². The van der Waals surface area contributed by atoms with Crippen LogP contribution in [0, 0.1) is 0 Å². The zero-order valence-electron chi connectivity index (χ0n) is 9.06. The first-order chi connectivity index (χ1) is 6.43. The molecule has 80 valence electrons. The fraction of sp³-hybridized carbons (Fsp3) is 0.778. The molecule has 1 N–H and O–H groups in total. The van der Waals surface area contributed by atoms with E-state index >= 15 is 0 Å². The highest BCUT2D eigenvalue weighted by Gasteiger charge is 2.14. The van der Waals surface area contributed by atoms with Gasteiger partial charge in [-0.1, -0.05) is 0 Å². The second-order valence-corrected chi connectivity index (χ2v) is 3.84. The summed E-state index contributed by atoms with van der Waals surface area (Å²) < 4.78 is 2.91. The summed E-state index contributed by atoms with van der Waals surface area (Å²) in [5, 5.41) is 13.3. The van der Waals surface area contributed by atoms with Gasteiger partial charge in [0.05, 0.1) is 6.10 Å². The van der Waals surface area contributed by atoms with Crippen molar-refractivity contribution in [2.24, 2.45) is 7.05 Å². The van der Waals surface area contributed by atoms with Gasteiger partial charge in [-0.3, -0.25) is 4.57 Å². The number of aromatic nitrogens is 3. The Hall–Kier alpha value is -1.10. The Morgan fingerprint density at radius 2 is 2.00 bits per heavy atom. The highest BCUT2D eigenvalue weighted by molar-refractivity contribution is 4.91. The van der Waals surface area contributed by atoms with Gasteiger partial charge in [0.1, 0.15) is 5.82 Å². The minimum Gasteiger partial charge on any atom is -0.393 e. The quantitative estimate of drug-likeness (QED) is 0.750. The van der Waals surface area contributed by atoms with E-state index in [-0.39, 0.29) is 11.7 Å². The van der Waals surface area contributed by atoms with Crippen LogP contribution in [0.15, 0.2) is 4.79 Å². The highest BCUT2D eigenvalue weighted by atomic mass is 16.3. The summed E-state index contributed by atoms with van der Waals surface area (Å²) in [7, 11) is 1.62. The van der Waals surface area contributed by atoms with Crippen LogP contribution in [0.1, 0.15) is 32.6 Å². The van der Waals surface area contributed by atoms with E-state index in [1.54, 1.807) is 18.5 Å². The van der Waals surface area contributed by atoms with Crippen molar-refractivity contribution in [3.63, 3.8) is 0 Å². The number of rotatable bonds is 3. The molecule has 1 aromatic rings. The van der Waals surface area contributed by atoms with Crippen molar-refractivity contribution in [1.82, 2.24) is 14.3 Å². The van der Waals surface area contributed by atoms with E-state index in [1.165, 1.54) is 4.68 Å². The predicted octanol–water partition coefficient (Wildman–Crippen LogP) is 0.0860. The van der Waals surface area contributed by atoms with Crippen molar-refractivity contribution >= 4 is 0 Å². The third kappa shape index (κ3) is 2.04. The Kier molecular flexibility index (Phi) is 3.10. The molecule has 0 saturated heterocycles. The molecular weight excluding hydrogens is 182 g/mol. The van der Waals surface area contributed by atoms with E-state index in [0.29, 0.717) is 12.2 Å². The minimum atomic E-state index is -0.478. The van der Waals surface area contributed by atoms with Crippen LogP contribution in [-0.2, 0) is 13.5 Å². The number of aliphatic hydroxyl groups is 1. The number of aryl methyl sites for hydroxylation is 1. The first-order valence-corrected chi connectivity index (χ1v) is 4.76. The number of aliphatic hydroxyl groups excluding tert-OH is 1. The van der Waals surface area contributed by atoms with Crippen molar-refractivity contribution in [2.75, 3.05) is 0 Å². The van der Waals surface area contributed by atoms with E-state index in [9.17, 15) is 9.90 Å². The Balaban J connectivity index is 3.16. The molecule has 0 aliphatic rings. The molecule has 0 aliphatic carbocycles. The lowest BCUT2D eigenvalue weighted by Gasteiger charge is -2.09. The number of nitrogens with zero attached hydrogens (tertiary/aromatic N) is 3. The van der Waals surface area contributed by atoms with Crippen molar-refractivity contribution in [1.29, 1.82) is 0 Å². The summed E-state index contributed by atoms with van der Waals surface area (Å²) in [6.45, 7) is 5.53. The van der Waals surface area contributed by atoms with E-state index in [0.717, 1.165) is 0 Å². The van der Waals surface area contributed by atoms with E-state index < -0.39 is 6.10 Å². The molecule has 1 atom stereocenters. The van der Waals surface area contributed by atoms with Gasteiger partial charge in [0.25, 0.3) is 0 Å². The summed E-state index contributed by atoms with van der Waals surface area (Å²) in [5.41, 5.74) is -0.129. The molecule has 1 rings (SSSR count). The summed E-state index contributed by atoms with van der Waals surface area (Å²) in [5.74, 6) is 0.641. The maximum absolute atomic E-state index is 11.6. The third-order valence-corrected chi connectivity index (χ3v) is 2.02. The lowest BCUT2D eigenvalue weighted by Crippen LogP contribution is -2.25. The van der Waals surface area contributed by atoms with Crippen LogP contribution in [0.2, 0.25) is 0 Å². The Labute approximate surface area is 83.0 Å². The van der Waals surface area contributed by atoms with Gasteiger partial charge in [0, 0.05) is 19.5 Å². The van der Waals surface area contributed by atoms with Crippen molar-refractivity contribution in [2.45, 2.75) is 39.3 Å². The lowest BCUT2D eigenvalue weighted by molar-refractivity contribution is 0.190. The molecule has 5 heteroatoms. The summed E-state index contributed by atoms with van der Waals surface area (Å²) >= 11 is 0. The van der Waals surface area contributed by atoms with Crippen LogP contribution < -0.4 is 5.69 Å². The van der Waals surface area contributed by atoms with Gasteiger partial charge in [-0.25, -0.2) is 9.48 Å². The zero-order chi connectivity index (χ0) is 10.9. The largest absolute Gasteiger partial charge is 0.393 e. The molecular formula is C9H17N3O2. The molecule has 0 aromatic carbocycles. The molecule has 0 spiro atoms. The van der Waals surface area contributed by atoms with Gasteiger partial charge in [-0.05, 0) is 20.8 Å². The summed E-state index contributed by atoms with van der Waals surface area (Å²) in [6, 6.07) is 0.0740. The molecule has 14 heavy (non-hydrogen) atoms. The van der Waals surface area contributed by atoms with Gasteiger partial charge in [-0.15, -0.1) is 0 Å². The van der Waals surface area contributed by atoms with Gasteiger partial charge in [0.2, 0.25) is 0 Å². The fourth-order valence-electron chi connectivity index (χ4n) is 1.45. The first-order valence-electron chi connectivity index (χ1n) is 4.76. The highest BCUT2D eigenvalue weighted by Crippen LogP contribution is 2.05. The average molecular weight is 199 g/mol. The summed E-state index contributed by atoms with van der Waals surface area (Å²) in [6.07, 6.45) is -0.0665. The maximum Gasteiger partial charge on any atom is 0.345 e. The summed E-state index contributed by atoms with van der Waals surface area (Å²) in [4.78, 5) is 11.6. The van der Waals surface area contributed by atoms with Crippen molar-refractivity contribution in [3.8, 4) is 0 Å². The molecule has 1 unspecified atom stereocenters. The van der Waals surface area contributed by atoms with Crippen LogP contribution in [0.4, 0.5) is 0 Å². The topological polar surface area (TPSA) is 60.1 Å². The van der Waals surface area contributed by atoms with Gasteiger partial charge in [-0.2, -0.15) is 5.10 Å². The van der Waals surface area contributed by atoms with E-state index in [1.807, 2.05) is 13.8 Å². The van der Waals surface area contributed by atoms with Crippen LogP contribution >= 0.6 is 0 Å². The van der Waals surface area contributed by atoms with Crippen molar-refractivity contribution in [3.05, 3.63) is 16.3 Å². The second-order valence-electron chi connectivity index (χ2n) is 3.84. The smallest absolute Gasteiger partial charge is 0.345 e. The molecule has 1 aromatic heterocycles. The third-order valence-electron chi connectivity index (χ3n) is 2.02. The Morgan fingerprint density at radius 1 is 1.43 bits per heavy atom. The molecule has 0 amide bonds. The average Bonchev–Trinajstić information content (AvgIpc) is 2.26. The molecule has 0 fully saturated rings. The lowest BCUT2D eigenvalue weighted by atomic mass is 10.2. The van der Waals surface area contributed by atoms with Crippen LogP contribution in [0.5, 0.6) is 0 Å². The molecule has 0 saturated carbocycles. The van der Waals surface area contributed by atoms with Gasteiger partial charge < -0.3 is 5.11 Å². The Bertz CT molecular complexity index is 363. The molecule has 0 aliphatic heterocycles. The van der Waals surface area contributed by atoms with E-state index in [2.05, 4.69) is 5.10 Å². The minimum absolute atomic E-state index is 0.0740. The SMILES string of the molecule is CC(O)Cc1nn(C)c(=O)n1C(C)C. The van der Waals surface area contributed by atoms with Gasteiger partial charge in [0.15, 0.2) is 0 Å².